The second-order valence-electron chi connectivity index (χ2n) is 6.45. The summed E-state index contributed by atoms with van der Waals surface area (Å²) in [6.07, 6.45) is 1.77. The molecule has 0 radical (unpaired) electrons. The largest absolute Gasteiger partial charge is 0.337 e. The van der Waals surface area contributed by atoms with Gasteiger partial charge in [-0.05, 0) is 42.6 Å². The lowest BCUT2D eigenvalue weighted by Crippen LogP contribution is -2.51. The summed E-state index contributed by atoms with van der Waals surface area (Å²) in [6.45, 7) is 3.12. The Labute approximate surface area is 141 Å². The van der Waals surface area contributed by atoms with E-state index in [1.54, 1.807) is 12.1 Å². The Morgan fingerprint density at radius 2 is 2.13 bits per heavy atom. The summed E-state index contributed by atoms with van der Waals surface area (Å²) in [5.41, 5.74) is 8.54. The third-order valence-electron chi connectivity index (χ3n) is 5.14. The Hall–Kier alpha value is -1.21. The van der Waals surface area contributed by atoms with Gasteiger partial charge in [0.05, 0.1) is 0 Å². The Balaban J connectivity index is 0.00000156. The van der Waals surface area contributed by atoms with Crippen molar-refractivity contribution in [1.29, 1.82) is 0 Å². The molecule has 4 rings (SSSR count). The molecule has 5 nitrogen and oxygen atoms in total. The zero-order chi connectivity index (χ0) is 15.1. The van der Waals surface area contributed by atoms with E-state index >= 15 is 0 Å². The van der Waals surface area contributed by atoms with Gasteiger partial charge in [-0.1, -0.05) is 6.07 Å². The summed E-state index contributed by atoms with van der Waals surface area (Å²) in [7, 11) is 0. The number of carbonyl (C=O) groups is 1. The van der Waals surface area contributed by atoms with Crippen LogP contribution in [0.15, 0.2) is 18.2 Å². The van der Waals surface area contributed by atoms with Crippen LogP contribution in [-0.2, 0) is 17.8 Å². The lowest BCUT2D eigenvalue weighted by atomic mass is 9.88. The van der Waals surface area contributed by atoms with Crippen molar-refractivity contribution < 1.29 is 9.18 Å². The first kappa shape index (κ1) is 16.6. The van der Waals surface area contributed by atoms with E-state index in [4.69, 9.17) is 0 Å². The van der Waals surface area contributed by atoms with Gasteiger partial charge in [0.15, 0.2) is 0 Å². The van der Waals surface area contributed by atoms with E-state index in [-0.39, 0.29) is 30.2 Å². The summed E-state index contributed by atoms with van der Waals surface area (Å²) in [6, 6.07) is 5.08. The van der Waals surface area contributed by atoms with Gasteiger partial charge in [0, 0.05) is 31.6 Å². The Kier molecular flexibility index (Phi) is 4.87. The quantitative estimate of drug-likeness (QED) is 0.700. The van der Waals surface area contributed by atoms with Crippen molar-refractivity contribution in [2.24, 2.45) is 5.92 Å². The van der Waals surface area contributed by atoms with E-state index in [1.165, 1.54) is 6.07 Å². The SMILES string of the molecule is Cl.O=C(C1NNC2CCNCC21)N1CCc2cc(F)ccc2C1. The number of rotatable bonds is 1. The molecule has 0 aromatic heterocycles. The number of amides is 1. The molecule has 0 spiro atoms. The number of nitrogens with one attached hydrogen (secondary N) is 3. The maximum absolute atomic E-state index is 13.3. The highest BCUT2D eigenvalue weighted by Crippen LogP contribution is 2.25. The Morgan fingerprint density at radius 1 is 1.26 bits per heavy atom. The van der Waals surface area contributed by atoms with E-state index < -0.39 is 0 Å². The third-order valence-corrected chi connectivity index (χ3v) is 5.14. The molecule has 3 N–H and O–H groups in total. The number of hydrazine groups is 1. The lowest BCUT2D eigenvalue weighted by molar-refractivity contribution is -0.135. The van der Waals surface area contributed by atoms with E-state index in [0.717, 1.165) is 37.1 Å². The van der Waals surface area contributed by atoms with Gasteiger partial charge >= 0.3 is 0 Å². The molecule has 1 aromatic carbocycles. The molecule has 3 aliphatic heterocycles. The second-order valence-corrected chi connectivity index (χ2v) is 6.45. The number of carbonyl (C=O) groups excluding carboxylic acids is 1. The van der Waals surface area contributed by atoms with E-state index in [1.807, 2.05) is 4.90 Å². The van der Waals surface area contributed by atoms with Crippen molar-refractivity contribution in [3.05, 3.63) is 35.1 Å². The predicted molar refractivity (Wildman–Crippen MR) is 87.6 cm³/mol. The minimum absolute atomic E-state index is 0. The van der Waals surface area contributed by atoms with Gasteiger partial charge in [-0.25, -0.2) is 9.82 Å². The highest BCUT2D eigenvalue weighted by atomic mass is 35.5. The topological polar surface area (TPSA) is 56.4 Å². The number of hydrogen-bond acceptors (Lipinski definition) is 4. The fourth-order valence-electron chi connectivity index (χ4n) is 3.87. The van der Waals surface area contributed by atoms with Crippen molar-refractivity contribution in [2.75, 3.05) is 19.6 Å². The fraction of sp³-hybridized carbons (Fsp3) is 0.562. The first-order valence-electron chi connectivity index (χ1n) is 8.00. The maximum atomic E-state index is 13.3. The number of fused-ring (bicyclic) bond motifs is 2. The minimum Gasteiger partial charge on any atom is -0.337 e. The average Bonchev–Trinajstić information content (AvgIpc) is 2.97. The molecule has 2 fully saturated rings. The molecule has 7 heteroatoms. The van der Waals surface area contributed by atoms with Crippen LogP contribution in [0, 0.1) is 11.7 Å². The van der Waals surface area contributed by atoms with Crippen molar-refractivity contribution in [1.82, 2.24) is 21.1 Å². The van der Waals surface area contributed by atoms with Crippen molar-refractivity contribution in [2.45, 2.75) is 31.5 Å². The highest BCUT2D eigenvalue weighted by molar-refractivity contribution is 5.85. The second kappa shape index (κ2) is 6.73. The monoisotopic (exact) mass is 340 g/mol. The van der Waals surface area contributed by atoms with Gasteiger partial charge in [-0.3, -0.25) is 10.2 Å². The lowest BCUT2D eigenvalue weighted by Gasteiger charge is -2.33. The molecule has 0 saturated carbocycles. The molecule has 2 saturated heterocycles. The molecule has 3 aliphatic rings. The average molecular weight is 341 g/mol. The number of hydrogen-bond donors (Lipinski definition) is 3. The molecule has 3 atom stereocenters. The molecule has 3 heterocycles. The zero-order valence-corrected chi connectivity index (χ0v) is 13.7. The van der Waals surface area contributed by atoms with Gasteiger partial charge in [0.2, 0.25) is 5.91 Å². The van der Waals surface area contributed by atoms with Gasteiger partial charge in [0.25, 0.3) is 0 Å². The van der Waals surface area contributed by atoms with E-state index in [0.29, 0.717) is 25.0 Å². The first-order valence-corrected chi connectivity index (χ1v) is 8.00. The Morgan fingerprint density at radius 3 is 3.00 bits per heavy atom. The van der Waals surface area contributed by atoms with Crippen molar-refractivity contribution >= 4 is 18.3 Å². The van der Waals surface area contributed by atoms with Crippen LogP contribution in [0.1, 0.15) is 17.5 Å². The number of benzene rings is 1. The highest BCUT2D eigenvalue weighted by Gasteiger charge is 2.42. The zero-order valence-electron chi connectivity index (χ0n) is 12.8. The summed E-state index contributed by atoms with van der Waals surface area (Å²) < 4.78 is 13.3. The molecular formula is C16H22ClFN4O. The predicted octanol–water partition coefficient (Wildman–Crippen LogP) is 0.587. The van der Waals surface area contributed by atoms with Crippen LogP contribution in [-0.4, -0.2) is 42.5 Å². The molecular weight excluding hydrogens is 319 g/mol. The summed E-state index contributed by atoms with van der Waals surface area (Å²) >= 11 is 0. The molecule has 23 heavy (non-hydrogen) atoms. The van der Waals surface area contributed by atoms with Crippen LogP contribution in [0.2, 0.25) is 0 Å². The normalized spacial score (nSPS) is 29.4. The smallest absolute Gasteiger partial charge is 0.241 e. The minimum atomic E-state index is -0.198. The van der Waals surface area contributed by atoms with Crippen LogP contribution in [0.3, 0.4) is 0 Å². The van der Waals surface area contributed by atoms with Crippen LogP contribution in [0.4, 0.5) is 4.39 Å². The van der Waals surface area contributed by atoms with Gasteiger partial charge in [0.1, 0.15) is 11.9 Å². The fourth-order valence-corrected chi connectivity index (χ4v) is 3.87. The van der Waals surface area contributed by atoms with Crippen LogP contribution >= 0.6 is 12.4 Å². The van der Waals surface area contributed by atoms with Gasteiger partial charge in [-0.2, -0.15) is 0 Å². The Bertz CT molecular complexity index is 599. The van der Waals surface area contributed by atoms with Crippen molar-refractivity contribution in [3.8, 4) is 0 Å². The third kappa shape index (κ3) is 3.08. The van der Waals surface area contributed by atoms with Crippen LogP contribution in [0.5, 0.6) is 0 Å². The molecule has 1 aromatic rings. The standard InChI is InChI=1S/C16H21FN4O.ClH/c17-12-2-1-11-9-21(6-4-10(11)7-12)16(22)15-13-8-18-5-3-14(13)19-20-15;/h1-2,7,13-15,18-20H,3-6,8-9H2;1H. The van der Waals surface area contributed by atoms with Crippen LogP contribution in [0.25, 0.3) is 0 Å². The first-order chi connectivity index (χ1) is 10.7. The van der Waals surface area contributed by atoms with E-state index in [9.17, 15) is 9.18 Å². The van der Waals surface area contributed by atoms with Gasteiger partial charge in [-0.15, -0.1) is 12.4 Å². The van der Waals surface area contributed by atoms with Gasteiger partial charge < -0.3 is 10.2 Å². The summed E-state index contributed by atoms with van der Waals surface area (Å²) in [4.78, 5) is 14.8. The molecule has 1 amide bonds. The number of halogens is 2. The summed E-state index contributed by atoms with van der Waals surface area (Å²) in [5.74, 6) is 0.255. The molecule has 126 valence electrons. The van der Waals surface area contributed by atoms with Crippen molar-refractivity contribution in [3.63, 3.8) is 0 Å². The molecule has 0 aliphatic carbocycles. The van der Waals surface area contributed by atoms with Crippen LogP contribution < -0.4 is 16.2 Å². The molecule has 0 bridgehead atoms. The number of piperidine rings is 1. The maximum Gasteiger partial charge on any atom is 0.241 e. The summed E-state index contributed by atoms with van der Waals surface area (Å²) in [5, 5.41) is 3.37. The number of nitrogens with zero attached hydrogens (tertiary/aromatic N) is 1. The van der Waals surface area contributed by atoms with E-state index in [2.05, 4.69) is 16.2 Å². The molecule has 3 unspecified atom stereocenters.